The van der Waals surface area contributed by atoms with Crippen molar-refractivity contribution in [3.05, 3.63) is 70.2 Å². The predicted octanol–water partition coefficient (Wildman–Crippen LogP) is 5.05. The zero-order valence-electron chi connectivity index (χ0n) is 18.1. The molecule has 2 saturated heterocycles. The highest BCUT2D eigenvalue weighted by molar-refractivity contribution is 9.10. The highest BCUT2D eigenvalue weighted by Crippen LogP contribution is 2.31. The van der Waals surface area contributed by atoms with Gasteiger partial charge in [-0.1, -0.05) is 64.5 Å². The molecule has 5 nitrogen and oxygen atoms in total. The SMILES string of the molecule is COC1CCN(CCC(c2ccccc2)N2CC(Cc3ccccc3Br)OC2=O)CC1. The lowest BCUT2D eigenvalue weighted by molar-refractivity contribution is 0.0388. The molecule has 2 unspecified atom stereocenters. The van der Waals surface area contributed by atoms with Crippen molar-refractivity contribution in [3.63, 3.8) is 0 Å². The van der Waals surface area contributed by atoms with Crippen molar-refractivity contribution in [1.29, 1.82) is 0 Å². The van der Waals surface area contributed by atoms with Crippen LogP contribution >= 0.6 is 15.9 Å². The van der Waals surface area contributed by atoms with Gasteiger partial charge in [0.25, 0.3) is 0 Å². The van der Waals surface area contributed by atoms with Crippen molar-refractivity contribution >= 4 is 22.0 Å². The van der Waals surface area contributed by atoms with Crippen molar-refractivity contribution < 1.29 is 14.3 Å². The number of amides is 1. The summed E-state index contributed by atoms with van der Waals surface area (Å²) in [4.78, 5) is 17.3. The third-order valence-electron chi connectivity index (χ3n) is 6.46. The van der Waals surface area contributed by atoms with Crippen molar-refractivity contribution in [1.82, 2.24) is 9.80 Å². The molecule has 166 valence electrons. The third-order valence-corrected chi connectivity index (χ3v) is 7.23. The van der Waals surface area contributed by atoms with Gasteiger partial charge in [0.1, 0.15) is 6.10 Å². The Bertz CT molecular complexity index is 855. The van der Waals surface area contributed by atoms with E-state index in [0.717, 1.165) is 49.8 Å². The maximum Gasteiger partial charge on any atom is 0.410 e. The number of likely N-dealkylation sites (tertiary alicyclic amines) is 1. The minimum absolute atomic E-state index is 0.0260. The first-order valence-electron chi connectivity index (χ1n) is 11.1. The van der Waals surface area contributed by atoms with Crippen LogP contribution in [0, 0.1) is 0 Å². The quantitative estimate of drug-likeness (QED) is 0.523. The zero-order valence-corrected chi connectivity index (χ0v) is 19.7. The van der Waals surface area contributed by atoms with E-state index in [-0.39, 0.29) is 18.2 Å². The Morgan fingerprint density at radius 1 is 1.10 bits per heavy atom. The van der Waals surface area contributed by atoms with Crippen LogP contribution in [0.25, 0.3) is 0 Å². The first-order valence-corrected chi connectivity index (χ1v) is 11.9. The molecule has 2 atom stereocenters. The van der Waals surface area contributed by atoms with E-state index in [4.69, 9.17) is 9.47 Å². The fraction of sp³-hybridized carbons (Fsp3) is 0.480. The lowest BCUT2D eigenvalue weighted by Crippen LogP contribution is -2.39. The summed E-state index contributed by atoms with van der Waals surface area (Å²) in [5.74, 6) is 0. The second kappa shape index (κ2) is 10.6. The predicted molar refractivity (Wildman–Crippen MR) is 125 cm³/mol. The molecule has 0 radical (unpaired) electrons. The Labute approximate surface area is 193 Å². The number of carbonyl (C=O) groups is 1. The molecule has 2 aromatic rings. The lowest BCUT2D eigenvalue weighted by Gasteiger charge is -2.33. The van der Waals surface area contributed by atoms with Gasteiger partial charge in [-0.05, 0) is 36.5 Å². The van der Waals surface area contributed by atoms with E-state index >= 15 is 0 Å². The van der Waals surface area contributed by atoms with Gasteiger partial charge in [-0.25, -0.2) is 4.79 Å². The summed E-state index contributed by atoms with van der Waals surface area (Å²) in [7, 11) is 1.80. The lowest BCUT2D eigenvalue weighted by atomic mass is 10.00. The van der Waals surface area contributed by atoms with Crippen LogP contribution < -0.4 is 0 Å². The number of rotatable bonds is 8. The minimum Gasteiger partial charge on any atom is -0.444 e. The molecular weight excluding hydrogens is 456 g/mol. The minimum atomic E-state index is -0.205. The molecule has 0 aliphatic carbocycles. The molecule has 2 aromatic carbocycles. The number of hydrogen-bond donors (Lipinski definition) is 0. The van der Waals surface area contributed by atoms with Crippen LogP contribution in [0.2, 0.25) is 0 Å². The van der Waals surface area contributed by atoms with Gasteiger partial charge >= 0.3 is 6.09 Å². The number of carbonyl (C=O) groups excluding carboxylic acids is 1. The highest BCUT2D eigenvalue weighted by Gasteiger charge is 2.37. The number of hydrogen-bond acceptors (Lipinski definition) is 4. The number of nitrogens with zero attached hydrogens (tertiary/aromatic N) is 2. The Morgan fingerprint density at radius 2 is 1.81 bits per heavy atom. The fourth-order valence-corrected chi connectivity index (χ4v) is 5.11. The van der Waals surface area contributed by atoms with Gasteiger partial charge < -0.3 is 14.4 Å². The molecule has 0 spiro atoms. The van der Waals surface area contributed by atoms with Crippen molar-refractivity contribution in [2.75, 3.05) is 33.3 Å². The summed E-state index contributed by atoms with van der Waals surface area (Å²) in [6.07, 6.45) is 3.82. The van der Waals surface area contributed by atoms with Gasteiger partial charge in [0.2, 0.25) is 0 Å². The average Bonchev–Trinajstić information content (AvgIpc) is 3.16. The van der Waals surface area contributed by atoms with Crippen LogP contribution in [0.5, 0.6) is 0 Å². The zero-order chi connectivity index (χ0) is 21.6. The molecule has 6 heteroatoms. The molecule has 4 rings (SSSR count). The Morgan fingerprint density at radius 3 is 2.52 bits per heavy atom. The van der Waals surface area contributed by atoms with E-state index < -0.39 is 0 Å². The first-order chi connectivity index (χ1) is 15.1. The maximum atomic E-state index is 12.9. The van der Waals surface area contributed by atoms with Crippen LogP contribution in [-0.4, -0.2) is 61.4 Å². The van der Waals surface area contributed by atoms with Crippen LogP contribution in [0.1, 0.15) is 36.4 Å². The molecule has 2 heterocycles. The van der Waals surface area contributed by atoms with Crippen LogP contribution in [-0.2, 0) is 15.9 Å². The molecule has 0 bridgehead atoms. The molecule has 0 N–H and O–H groups in total. The molecule has 2 aliphatic heterocycles. The van der Waals surface area contributed by atoms with Crippen molar-refractivity contribution in [3.8, 4) is 0 Å². The molecule has 2 fully saturated rings. The number of cyclic esters (lactones) is 1. The van der Waals surface area contributed by atoms with E-state index in [0.29, 0.717) is 12.6 Å². The molecule has 1 amide bonds. The molecule has 31 heavy (non-hydrogen) atoms. The number of piperidine rings is 1. The summed E-state index contributed by atoms with van der Waals surface area (Å²) < 4.78 is 12.3. The monoisotopic (exact) mass is 486 g/mol. The van der Waals surface area contributed by atoms with Crippen LogP contribution in [0.15, 0.2) is 59.1 Å². The Kier molecular flexibility index (Phi) is 7.64. The largest absolute Gasteiger partial charge is 0.444 e. The van der Waals surface area contributed by atoms with E-state index in [9.17, 15) is 4.79 Å². The molecule has 0 aromatic heterocycles. The van der Waals surface area contributed by atoms with E-state index in [1.807, 2.05) is 41.3 Å². The average molecular weight is 487 g/mol. The fourth-order valence-electron chi connectivity index (χ4n) is 4.66. The maximum absolute atomic E-state index is 12.9. The van der Waals surface area contributed by atoms with Gasteiger partial charge in [-0.2, -0.15) is 0 Å². The second-order valence-corrected chi connectivity index (χ2v) is 9.30. The molecule has 2 aliphatic rings. The summed E-state index contributed by atoms with van der Waals surface area (Å²) >= 11 is 3.61. The summed E-state index contributed by atoms with van der Waals surface area (Å²) in [5, 5.41) is 0. The smallest absolute Gasteiger partial charge is 0.410 e. The highest BCUT2D eigenvalue weighted by atomic mass is 79.9. The standard InChI is InChI=1S/C25H31BrN2O3/c1-30-21-11-14-27(15-12-21)16-13-24(19-7-3-2-4-8-19)28-18-22(31-25(28)29)17-20-9-5-6-10-23(20)26/h2-10,21-22,24H,11-18H2,1H3. The van der Waals surface area contributed by atoms with E-state index in [1.54, 1.807) is 7.11 Å². The van der Waals surface area contributed by atoms with Crippen molar-refractivity contribution in [2.24, 2.45) is 0 Å². The first kappa shape index (κ1) is 22.3. The van der Waals surface area contributed by atoms with Crippen LogP contribution in [0.4, 0.5) is 4.79 Å². The number of methoxy groups -OCH3 is 1. The summed E-state index contributed by atoms with van der Waals surface area (Å²) in [5.41, 5.74) is 2.34. The normalized spacial score (nSPS) is 21.3. The number of ether oxygens (including phenoxy) is 2. The van der Waals surface area contributed by atoms with E-state index in [1.165, 1.54) is 11.1 Å². The van der Waals surface area contributed by atoms with Gasteiger partial charge in [0, 0.05) is 37.6 Å². The van der Waals surface area contributed by atoms with Gasteiger partial charge in [-0.3, -0.25) is 4.90 Å². The summed E-state index contributed by atoms with van der Waals surface area (Å²) in [6, 6.07) is 18.5. The molecular formula is C25H31BrN2O3. The van der Waals surface area contributed by atoms with E-state index in [2.05, 4.69) is 39.0 Å². The van der Waals surface area contributed by atoms with Gasteiger partial charge in [-0.15, -0.1) is 0 Å². The van der Waals surface area contributed by atoms with Crippen LogP contribution in [0.3, 0.4) is 0 Å². The number of benzene rings is 2. The summed E-state index contributed by atoms with van der Waals surface area (Å²) in [6.45, 7) is 3.68. The van der Waals surface area contributed by atoms with Crippen molar-refractivity contribution in [2.45, 2.75) is 43.9 Å². The molecule has 0 saturated carbocycles. The Balaban J connectivity index is 1.43. The third kappa shape index (κ3) is 5.68. The topological polar surface area (TPSA) is 42.0 Å². The van der Waals surface area contributed by atoms with Gasteiger partial charge in [0.05, 0.1) is 18.7 Å². The van der Waals surface area contributed by atoms with Gasteiger partial charge in [0.15, 0.2) is 0 Å². The Hall–Kier alpha value is -1.89. The second-order valence-electron chi connectivity index (χ2n) is 8.45. The number of halogens is 1.